The summed E-state index contributed by atoms with van der Waals surface area (Å²) in [5.41, 5.74) is 5.70. The van der Waals surface area contributed by atoms with Crippen LogP contribution >= 0.6 is 11.3 Å². The Kier molecular flexibility index (Phi) is 3.14. The predicted molar refractivity (Wildman–Crippen MR) is 66.3 cm³/mol. The van der Waals surface area contributed by atoms with Crippen LogP contribution in [0.1, 0.15) is 32.6 Å². The highest BCUT2D eigenvalue weighted by Gasteiger charge is 2.23. The second-order valence-corrected chi connectivity index (χ2v) is 5.62. The van der Waals surface area contributed by atoms with Crippen LogP contribution in [0, 0.1) is 5.92 Å². The molecule has 2 unspecified atom stereocenters. The number of hydrogen-bond donors (Lipinski definition) is 1. The summed E-state index contributed by atoms with van der Waals surface area (Å²) < 4.78 is 0. The smallest absolute Gasteiger partial charge is 0.187 e. The maximum absolute atomic E-state index is 5.70. The second kappa shape index (κ2) is 4.39. The molecule has 1 aliphatic carbocycles. The molecule has 0 amide bonds. The number of hydrogen-bond acceptors (Lipinski definition) is 4. The minimum Gasteiger partial charge on any atom is -0.389 e. The highest BCUT2D eigenvalue weighted by Crippen LogP contribution is 2.31. The van der Waals surface area contributed by atoms with E-state index < -0.39 is 0 Å². The number of nitrogens with zero attached hydrogens (tertiary/aromatic N) is 2. The fourth-order valence-corrected chi connectivity index (χ4v) is 3.06. The molecule has 0 radical (unpaired) electrons. The SMILES string of the molecule is CC1CCCC(N(C)c2ncc(N)s2)C1. The highest BCUT2D eigenvalue weighted by molar-refractivity contribution is 7.19. The molecule has 1 saturated carbocycles. The van der Waals surface area contributed by atoms with Gasteiger partial charge in [0.25, 0.3) is 0 Å². The van der Waals surface area contributed by atoms with Crippen molar-refractivity contribution in [3.05, 3.63) is 6.20 Å². The number of thiazole rings is 1. The molecule has 2 atom stereocenters. The molecule has 1 fully saturated rings. The number of nitrogens with two attached hydrogens (primary N) is 1. The van der Waals surface area contributed by atoms with Crippen molar-refractivity contribution in [2.45, 2.75) is 38.6 Å². The van der Waals surface area contributed by atoms with Crippen molar-refractivity contribution in [2.75, 3.05) is 17.7 Å². The summed E-state index contributed by atoms with van der Waals surface area (Å²) in [6, 6.07) is 0.652. The van der Waals surface area contributed by atoms with Gasteiger partial charge in [0, 0.05) is 13.1 Å². The Labute approximate surface area is 95.3 Å². The second-order valence-electron chi connectivity index (χ2n) is 4.58. The Hall–Kier alpha value is -0.770. The van der Waals surface area contributed by atoms with Gasteiger partial charge in [0.1, 0.15) is 5.00 Å². The van der Waals surface area contributed by atoms with E-state index in [4.69, 9.17) is 5.73 Å². The van der Waals surface area contributed by atoms with E-state index in [1.807, 2.05) is 0 Å². The molecule has 1 aliphatic rings. The number of rotatable bonds is 2. The summed E-state index contributed by atoms with van der Waals surface area (Å²) in [5, 5.41) is 1.87. The van der Waals surface area contributed by atoms with Crippen LogP contribution in [0.3, 0.4) is 0 Å². The third kappa shape index (κ3) is 2.43. The van der Waals surface area contributed by atoms with E-state index in [2.05, 4.69) is 23.9 Å². The molecular weight excluding hydrogens is 206 g/mol. The van der Waals surface area contributed by atoms with Crippen LogP contribution in [0.25, 0.3) is 0 Å². The summed E-state index contributed by atoms with van der Waals surface area (Å²) in [6.07, 6.45) is 7.06. The first-order valence-electron chi connectivity index (χ1n) is 5.61. The van der Waals surface area contributed by atoms with E-state index in [0.29, 0.717) is 6.04 Å². The maximum atomic E-state index is 5.70. The fourth-order valence-electron chi connectivity index (χ4n) is 2.35. The van der Waals surface area contributed by atoms with Gasteiger partial charge in [-0.1, -0.05) is 31.1 Å². The van der Waals surface area contributed by atoms with Crippen molar-refractivity contribution >= 4 is 21.5 Å². The van der Waals surface area contributed by atoms with E-state index >= 15 is 0 Å². The van der Waals surface area contributed by atoms with Crippen molar-refractivity contribution in [1.82, 2.24) is 4.98 Å². The third-order valence-electron chi connectivity index (χ3n) is 3.27. The molecule has 84 valence electrons. The first-order valence-corrected chi connectivity index (χ1v) is 6.42. The van der Waals surface area contributed by atoms with Crippen LogP contribution in [0.5, 0.6) is 0 Å². The van der Waals surface area contributed by atoms with Crippen LogP contribution in [-0.4, -0.2) is 18.1 Å². The van der Waals surface area contributed by atoms with Crippen molar-refractivity contribution in [2.24, 2.45) is 5.92 Å². The van der Waals surface area contributed by atoms with Gasteiger partial charge in [-0.15, -0.1) is 0 Å². The predicted octanol–water partition coefficient (Wildman–Crippen LogP) is 2.74. The summed E-state index contributed by atoms with van der Waals surface area (Å²) >= 11 is 1.58. The minimum atomic E-state index is 0.652. The van der Waals surface area contributed by atoms with Gasteiger partial charge in [-0.3, -0.25) is 0 Å². The van der Waals surface area contributed by atoms with Crippen molar-refractivity contribution in [3.63, 3.8) is 0 Å². The quantitative estimate of drug-likeness (QED) is 0.841. The van der Waals surface area contributed by atoms with Gasteiger partial charge in [-0.05, 0) is 18.8 Å². The van der Waals surface area contributed by atoms with Crippen LogP contribution in [0.15, 0.2) is 6.20 Å². The van der Waals surface area contributed by atoms with Gasteiger partial charge >= 0.3 is 0 Å². The Morgan fingerprint density at radius 3 is 2.93 bits per heavy atom. The van der Waals surface area contributed by atoms with E-state index in [0.717, 1.165) is 16.1 Å². The van der Waals surface area contributed by atoms with Crippen LogP contribution < -0.4 is 10.6 Å². The zero-order chi connectivity index (χ0) is 10.8. The van der Waals surface area contributed by atoms with Crippen molar-refractivity contribution < 1.29 is 0 Å². The van der Waals surface area contributed by atoms with E-state index in [-0.39, 0.29) is 0 Å². The lowest BCUT2D eigenvalue weighted by molar-refractivity contribution is 0.336. The standard InChI is InChI=1S/C11H19N3S/c1-8-4-3-5-9(6-8)14(2)11-13-7-10(12)15-11/h7-9H,3-6,12H2,1-2H3. The molecule has 4 heteroatoms. The first kappa shape index (κ1) is 10.7. The lowest BCUT2D eigenvalue weighted by Gasteiger charge is -2.33. The number of nitrogen functional groups attached to an aromatic ring is 1. The Balaban J connectivity index is 2.03. The minimum absolute atomic E-state index is 0.652. The lowest BCUT2D eigenvalue weighted by atomic mass is 9.86. The van der Waals surface area contributed by atoms with Gasteiger partial charge in [0.15, 0.2) is 5.13 Å². The Bertz CT molecular complexity index is 323. The molecule has 2 rings (SSSR count). The van der Waals surface area contributed by atoms with Crippen LogP contribution in [-0.2, 0) is 0 Å². The van der Waals surface area contributed by atoms with E-state index in [1.54, 1.807) is 17.5 Å². The molecule has 2 N–H and O–H groups in total. The van der Waals surface area contributed by atoms with Gasteiger partial charge < -0.3 is 10.6 Å². The maximum Gasteiger partial charge on any atom is 0.187 e. The average Bonchev–Trinajstić information content (AvgIpc) is 2.64. The van der Waals surface area contributed by atoms with Gasteiger partial charge in [0.2, 0.25) is 0 Å². The van der Waals surface area contributed by atoms with Crippen LogP contribution in [0.2, 0.25) is 0 Å². The highest BCUT2D eigenvalue weighted by atomic mass is 32.1. The molecule has 0 spiro atoms. The largest absolute Gasteiger partial charge is 0.389 e. The monoisotopic (exact) mass is 225 g/mol. The molecule has 0 aliphatic heterocycles. The number of anilines is 2. The molecule has 3 nitrogen and oxygen atoms in total. The Morgan fingerprint density at radius 2 is 2.33 bits per heavy atom. The van der Waals surface area contributed by atoms with Gasteiger partial charge in [0.05, 0.1) is 6.20 Å². The van der Waals surface area contributed by atoms with Gasteiger partial charge in [-0.2, -0.15) is 0 Å². The topological polar surface area (TPSA) is 42.2 Å². The third-order valence-corrected chi connectivity index (χ3v) is 4.19. The average molecular weight is 225 g/mol. The van der Waals surface area contributed by atoms with Gasteiger partial charge in [-0.25, -0.2) is 4.98 Å². The zero-order valence-corrected chi connectivity index (χ0v) is 10.3. The van der Waals surface area contributed by atoms with Crippen molar-refractivity contribution in [1.29, 1.82) is 0 Å². The molecule has 15 heavy (non-hydrogen) atoms. The Morgan fingerprint density at radius 1 is 1.53 bits per heavy atom. The molecule has 0 aromatic carbocycles. The lowest BCUT2D eigenvalue weighted by Crippen LogP contribution is -2.35. The zero-order valence-electron chi connectivity index (χ0n) is 9.44. The summed E-state index contributed by atoms with van der Waals surface area (Å²) in [4.78, 5) is 6.64. The summed E-state index contributed by atoms with van der Waals surface area (Å²) in [5.74, 6) is 0.850. The molecular formula is C11H19N3S. The molecule has 1 aromatic heterocycles. The number of aromatic nitrogens is 1. The molecule has 0 bridgehead atoms. The normalized spacial score (nSPS) is 26.5. The summed E-state index contributed by atoms with van der Waals surface area (Å²) in [6.45, 7) is 2.34. The van der Waals surface area contributed by atoms with Crippen molar-refractivity contribution in [3.8, 4) is 0 Å². The fraction of sp³-hybridized carbons (Fsp3) is 0.727. The van der Waals surface area contributed by atoms with E-state index in [1.165, 1.54) is 25.7 Å². The first-order chi connectivity index (χ1) is 7.16. The molecule has 1 aromatic rings. The molecule has 0 saturated heterocycles. The summed E-state index contributed by atoms with van der Waals surface area (Å²) in [7, 11) is 2.14. The molecule has 1 heterocycles. The van der Waals surface area contributed by atoms with Crippen LogP contribution in [0.4, 0.5) is 10.1 Å². The van der Waals surface area contributed by atoms with E-state index in [9.17, 15) is 0 Å².